The number of rotatable bonds is 4. The van der Waals surface area contributed by atoms with Crippen molar-refractivity contribution in [1.29, 1.82) is 0 Å². The third kappa shape index (κ3) is 3.69. The minimum Gasteiger partial charge on any atom is -0.494 e. The molecule has 1 aromatic heterocycles. The average molecular weight is 454 g/mol. The first-order chi connectivity index (χ1) is 15.3. The molecule has 0 spiro atoms. The predicted molar refractivity (Wildman–Crippen MR) is 124 cm³/mol. The van der Waals surface area contributed by atoms with Gasteiger partial charge in [-0.15, -0.1) is 11.8 Å². The van der Waals surface area contributed by atoms with E-state index in [1.807, 2.05) is 42.5 Å². The minimum atomic E-state index is -0.600. The summed E-state index contributed by atoms with van der Waals surface area (Å²) in [4.78, 5) is 30.9. The van der Waals surface area contributed by atoms with Crippen LogP contribution in [0.1, 0.15) is 22.8 Å². The molecule has 1 aliphatic rings. The first kappa shape index (κ1) is 21.8. The van der Waals surface area contributed by atoms with Crippen LogP contribution in [0.2, 0.25) is 0 Å². The summed E-state index contributed by atoms with van der Waals surface area (Å²) in [7, 11) is 5.97. The molecule has 0 saturated heterocycles. The Morgan fingerprint density at radius 2 is 1.75 bits per heavy atom. The number of fused-ring (bicyclic) bond motifs is 1. The lowest BCUT2D eigenvalue weighted by molar-refractivity contribution is 0.354. The van der Waals surface area contributed by atoms with E-state index in [0.29, 0.717) is 29.3 Å². The zero-order chi connectivity index (χ0) is 23.0. The van der Waals surface area contributed by atoms with Gasteiger partial charge in [-0.2, -0.15) is 0 Å². The highest BCUT2D eigenvalue weighted by atomic mass is 32.2. The van der Waals surface area contributed by atoms with Crippen molar-refractivity contribution in [3.63, 3.8) is 0 Å². The molecule has 1 N–H and O–H groups in total. The van der Waals surface area contributed by atoms with E-state index in [4.69, 9.17) is 14.5 Å². The molecular weight excluding hydrogens is 430 g/mol. The third-order valence-corrected chi connectivity index (χ3v) is 6.79. The molecular formula is C23H23N3O5S. The normalized spacial score (nSPS) is 15.5. The molecule has 2 heterocycles. The summed E-state index contributed by atoms with van der Waals surface area (Å²) in [5.41, 5.74) is 0.911. The number of para-hydroxylation sites is 1. The Morgan fingerprint density at radius 3 is 2.47 bits per heavy atom. The van der Waals surface area contributed by atoms with Crippen LogP contribution in [0.25, 0.3) is 0 Å². The summed E-state index contributed by atoms with van der Waals surface area (Å²) >= 11 is 1.62. The molecule has 1 atom stereocenters. The maximum atomic E-state index is 13.0. The number of thioether (sulfide) groups is 1. The zero-order valence-electron chi connectivity index (χ0n) is 18.2. The van der Waals surface area contributed by atoms with Crippen molar-refractivity contribution in [3.8, 4) is 17.4 Å². The van der Waals surface area contributed by atoms with E-state index in [0.717, 1.165) is 19.6 Å². The number of benzene rings is 2. The molecule has 0 fully saturated rings. The van der Waals surface area contributed by atoms with Gasteiger partial charge >= 0.3 is 5.69 Å². The molecule has 0 bridgehead atoms. The summed E-state index contributed by atoms with van der Waals surface area (Å²) in [6.45, 7) is 0. The fraction of sp³-hybridized carbons (Fsp3) is 0.261. The van der Waals surface area contributed by atoms with Crippen LogP contribution in [-0.4, -0.2) is 34.2 Å². The monoisotopic (exact) mass is 453 g/mol. The van der Waals surface area contributed by atoms with E-state index in [-0.39, 0.29) is 10.8 Å². The van der Waals surface area contributed by atoms with Crippen molar-refractivity contribution in [1.82, 2.24) is 9.13 Å². The number of hydrogen-bond donors (Lipinski definition) is 1. The van der Waals surface area contributed by atoms with Gasteiger partial charge in [0.2, 0.25) is 5.88 Å². The second-order valence-electron chi connectivity index (χ2n) is 7.36. The Kier molecular flexibility index (Phi) is 5.84. The zero-order valence-corrected chi connectivity index (χ0v) is 19.0. The number of ether oxygens (including phenoxy) is 2. The quantitative estimate of drug-likeness (QED) is 0.652. The second-order valence-corrected chi connectivity index (χ2v) is 8.60. The Bertz CT molecular complexity index is 1340. The van der Waals surface area contributed by atoms with Crippen LogP contribution < -0.4 is 20.7 Å². The van der Waals surface area contributed by atoms with Crippen molar-refractivity contribution in [2.45, 2.75) is 16.6 Å². The lowest BCUT2D eigenvalue weighted by atomic mass is 10.0. The highest BCUT2D eigenvalue weighted by molar-refractivity contribution is 7.99. The highest BCUT2D eigenvalue weighted by Gasteiger charge is 2.28. The van der Waals surface area contributed by atoms with E-state index >= 15 is 0 Å². The molecule has 0 amide bonds. The van der Waals surface area contributed by atoms with Crippen LogP contribution >= 0.6 is 11.8 Å². The molecule has 0 saturated carbocycles. The molecule has 8 nitrogen and oxygen atoms in total. The van der Waals surface area contributed by atoms with Gasteiger partial charge in [0.1, 0.15) is 5.56 Å². The maximum Gasteiger partial charge on any atom is 0.333 e. The molecule has 2 aromatic carbocycles. The van der Waals surface area contributed by atoms with Crippen LogP contribution in [0.15, 0.2) is 61.9 Å². The van der Waals surface area contributed by atoms with Gasteiger partial charge in [-0.25, -0.2) is 4.79 Å². The van der Waals surface area contributed by atoms with E-state index in [1.54, 1.807) is 26.0 Å². The number of aliphatic imine (C=N–C) groups is 1. The summed E-state index contributed by atoms with van der Waals surface area (Å²) in [5, 5.41) is 10.6. The van der Waals surface area contributed by atoms with Gasteiger partial charge in [0.25, 0.3) is 5.56 Å². The molecule has 9 heteroatoms. The van der Waals surface area contributed by atoms with Crippen LogP contribution in [0.3, 0.4) is 0 Å². The van der Waals surface area contributed by atoms with Gasteiger partial charge in [-0.1, -0.05) is 18.2 Å². The lowest BCUT2D eigenvalue weighted by Crippen LogP contribution is -2.40. The van der Waals surface area contributed by atoms with Gasteiger partial charge in [-0.3, -0.25) is 18.9 Å². The third-order valence-electron chi connectivity index (χ3n) is 5.47. The Balaban J connectivity index is 1.91. The van der Waals surface area contributed by atoms with Crippen molar-refractivity contribution in [2.75, 3.05) is 14.2 Å². The largest absolute Gasteiger partial charge is 0.494 e. The summed E-state index contributed by atoms with van der Waals surface area (Å²) in [6.07, 6.45) is 0.357. The van der Waals surface area contributed by atoms with Crippen LogP contribution in [0.5, 0.6) is 17.4 Å². The molecule has 1 aliphatic heterocycles. The molecule has 0 aliphatic carbocycles. The van der Waals surface area contributed by atoms with Gasteiger partial charge in [0, 0.05) is 30.7 Å². The van der Waals surface area contributed by atoms with Crippen LogP contribution in [-0.2, 0) is 14.1 Å². The summed E-state index contributed by atoms with van der Waals surface area (Å²) < 4.78 is 12.9. The Hall–Kier alpha value is -3.46. The number of aromatic hydroxyl groups is 1. The van der Waals surface area contributed by atoms with Crippen LogP contribution in [0.4, 0.5) is 5.69 Å². The standard InChI is InChI=1S/C23H23N3O5S/c1-25-21(27)20(22(28)26(2)23(25)29)15-12-19(32-18-8-6-5-7-14(18)24-15)13-9-10-16(30-3)17(11-13)31-4/h5-11,19,27H,12H2,1-4H3/t19-/m1/s1. The first-order valence-corrected chi connectivity index (χ1v) is 10.8. The fourth-order valence-electron chi connectivity index (χ4n) is 3.69. The highest BCUT2D eigenvalue weighted by Crippen LogP contribution is 2.47. The van der Waals surface area contributed by atoms with Gasteiger partial charge in [-0.05, 0) is 29.8 Å². The van der Waals surface area contributed by atoms with Crippen molar-refractivity contribution in [2.24, 2.45) is 19.1 Å². The lowest BCUT2D eigenvalue weighted by Gasteiger charge is -2.18. The van der Waals surface area contributed by atoms with Crippen molar-refractivity contribution >= 4 is 23.2 Å². The Labute approximate surface area is 188 Å². The van der Waals surface area contributed by atoms with Gasteiger partial charge < -0.3 is 14.6 Å². The predicted octanol–water partition coefficient (Wildman–Crippen LogP) is 3.16. The van der Waals surface area contributed by atoms with Gasteiger partial charge in [0.05, 0.1) is 25.6 Å². The summed E-state index contributed by atoms with van der Waals surface area (Å²) in [6, 6.07) is 13.3. The molecule has 0 radical (unpaired) electrons. The SMILES string of the molecule is COc1ccc([C@H]2CC(c3c(O)n(C)c(=O)n(C)c3=O)=Nc3ccccc3S2)cc1OC. The van der Waals surface area contributed by atoms with E-state index in [1.165, 1.54) is 14.1 Å². The van der Waals surface area contributed by atoms with Crippen LogP contribution in [0, 0.1) is 0 Å². The van der Waals surface area contributed by atoms with Crippen molar-refractivity contribution in [3.05, 3.63) is 74.4 Å². The second kappa shape index (κ2) is 8.58. The molecule has 0 unspecified atom stereocenters. The number of aromatic nitrogens is 2. The van der Waals surface area contributed by atoms with Crippen molar-refractivity contribution < 1.29 is 14.6 Å². The number of nitrogens with zero attached hydrogens (tertiary/aromatic N) is 3. The molecule has 3 aromatic rings. The maximum absolute atomic E-state index is 13.0. The topological polar surface area (TPSA) is 95.1 Å². The molecule has 4 rings (SSSR count). The van der Waals surface area contributed by atoms with E-state index < -0.39 is 17.1 Å². The Morgan fingerprint density at radius 1 is 1.03 bits per heavy atom. The van der Waals surface area contributed by atoms with E-state index in [9.17, 15) is 14.7 Å². The van der Waals surface area contributed by atoms with Gasteiger partial charge in [0.15, 0.2) is 11.5 Å². The number of hydrogen-bond acceptors (Lipinski definition) is 7. The summed E-state index contributed by atoms with van der Waals surface area (Å²) in [5.74, 6) is 0.823. The minimum absolute atomic E-state index is 0.0254. The molecule has 166 valence electrons. The van der Waals surface area contributed by atoms with E-state index in [2.05, 4.69) is 0 Å². The smallest absolute Gasteiger partial charge is 0.333 e. The number of methoxy groups -OCH3 is 2. The first-order valence-electron chi connectivity index (χ1n) is 9.90. The average Bonchev–Trinajstić information content (AvgIpc) is 3.00. The molecule has 32 heavy (non-hydrogen) atoms. The fourth-order valence-corrected chi connectivity index (χ4v) is 4.92.